The lowest BCUT2D eigenvalue weighted by atomic mass is 10.1. The van der Waals surface area contributed by atoms with Crippen LogP contribution in [0.4, 0.5) is 5.69 Å². The van der Waals surface area contributed by atoms with Crippen molar-refractivity contribution in [2.45, 2.75) is 96.9 Å². The molecule has 218 valence electrons. The summed E-state index contributed by atoms with van der Waals surface area (Å²) in [5, 5.41) is 3.14. The summed E-state index contributed by atoms with van der Waals surface area (Å²) in [4.78, 5) is 13.1. The van der Waals surface area contributed by atoms with Gasteiger partial charge in [-0.3, -0.25) is 4.79 Å². The van der Waals surface area contributed by atoms with Crippen molar-refractivity contribution in [3.05, 3.63) is 96.6 Å². The summed E-state index contributed by atoms with van der Waals surface area (Å²) in [6.07, 6.45) is 22.4. The van der Waals surface area contributed by atoms with Crippen molar-refractivity contribution in [3.63, 3.8) is 0 Å². The topological polar surface area (TPSA) is 46.6 Å². The molecule has 0 spiro atoms. The molecule has 2 aromatic carbocycles. The van der Waals surface area contributed by atoms with Gasteiger partial charge in [-0.15, -0.1) is 0 Å². The Morgan fingerprint density at radius 1 is 0.756 bits per heavy atom. The van der Waals surface area contributed by atoms with E-state index in [1.54, 1.807) is 0 Å². The maximum atomic E-state index is 13.1. The highest BCUT2D eigenvalue weighted by Gasteiger charge is 2.13. The predicted octanol–water partition coefficient (Wildman–Crippen LogP) is 8.54. The van der Waals surface area contributed by atoms with Crippen LogP contribution in [-0.4, -0.2) is 16.9 Å². The molecule has 2 heterocycles. The third-order valence-electron chi connectivity index (χ3n) is 7.72. The molecule has 0 saturated heterocycles. The second kappa shape index (κ2) is 17.3. The van der Waals surface area contributed by atoms with Gasteiger partial charge in [-0.25, -0.2) is 8.97 Å². The number of imidazole rings is 1. The largest absolute Gasteiger partial charge is 0.493 e. The van der Waals surface area contributed by atoms with Crippen LogP contribution in [0.2, 0.25) is 0 Å². The fraction of sp³-hybridized carbons (Fsp3) is 0.444. The van der Waals surface area contributed by atoms with Crippen molar-refractivity contribution in [1.29, 1.82) is 0 Å². The molecule has 41 heavy (non-hydrogen) atoms. The number of anilines is 1. The average Bonchev–Trinajstić information content (AvgIpc) is 3.40. The van der Waals surface area contributed by atoms with Gasteiger partial charge in [0.15, 0.2) is 5.52 Å². The molecule has 2 aromatic heterocycles. The zero-order valence-electron chi connectivity index (χ0n) is 24.9. The second-order valence-corrected chi connectivity index (χ2v) is 11.2. The number of amides is 1. The molecule has 4 rings (SSSR count). The highest BCUT2D eigenvalue weighted by atomic mass is 16.5. The lowest BCUT2D eigenvalue weighted by Crippen LogP contribution is -2.32. The number of aromatic nitrogens is 2. The summed E-state index contributed by atoms with van der Waals surface area (Å²) in [5.41, 5.74) is 3.97. The maximum Gasteiger partial charge on any atom is 0.249 e. The van der Waals surface area contributed by atoms with Crippen LogP contribution in [0, 0.1) is 0 Å². The predicted molar refractivity (Wildman–Crippen MR) is 168 cm³/mol. The second-order valence-electron chi connectivity index (χ2n) is 11.2. The number of nitrogens with one attached hydrogen (secondary N) is 1. The maximum absolute atomic E-state index is 13.1. The number of carbonyl (C=O) groups excluding carboxylic acids is 1. The summed E-state index contributed by atoms with van der Waals surface area (Å²) in [7, 11) is 0. The Balaban J connectivity index is 1.18. The summed E-state index contributed by atoms with van der Waals surface area (Å²) < 4.78 is 10.4. The van der Waals surface area contributed by atoms with E-state index in [-0.39, 0.29) is 12.3 Å². The summed E-state index contributed by atoms with van der Waals surface area (Å²) >= 11 is 0. The van der Waals surface area contributed by atoms with Gasteiger partial charge in [-0.05, 0) is 30.7 Å². The van der Waals surface area contributed by atoms with Crippen LogP contribution in [0.25, 0.3) is 5.52 Å². The molecule has 0 aliphatic rings. The molecule has 0 saturated carbocycles. The minimum Gasteiger partial charge on any atom is -0.493 e. The molecule has 5 heteroatoms. The first-order valence-electron chi connectivity index (χ1n) is 15.8. The zero-order valence-corrected chi connectivity index (χ0v) is 24.9. The molecule has 1 amide bonds. The molecule has 0 radical (unpaired) electrons. The Hall–Kier alpha value is -3.60. The van der Waals surface area contributed by atoms with Gasteiger partial charge in [0.1, 0.15) is 18.5 Å². The van der Waals surface area contributed by atoms with Crippen molar-refractivity contribution in [1.82, 2.24) is 4.40 Å². The summed E-state index contributed by atoms with van der Waals surface area (Å²) in [5.74, 6) is 0.779. The first-order valence-corrected chi connectivity index (χ1v) is 15.8. The number of nitrogens with zero attached hydrogens (tertiary/aromatic N) is 2. The standard InChI is InChI=1S/C36H47N3O2/c1-2-3-4-5-6-7-8-9-10-11-12-19-26-41-35-24-16-14-20-31(35)27-36(40)37-34-23-15-13-21-32(34)28-38-29-33-22-17-18-25-39(33)30-38/h13-18,20-25,29-30H,2-12,19,26-28H2,1H3/p+1. The normalized spacial score (nSPS) is 11.1. The van der Waals surface area contributed by atoms with Gasteiger partial charge in [0.05, 0.1) is 19.2 Å². The number of fused-ring (bicyclic) bond motifs is 1. The van der Waals surface area contributed by atoms with E-state index < -0.39 is 0 Å². The van der Waals surface area contributed by atoms with Crippen LogP contribution in [0.15, 0.2) is 85.5 Å². The van der Waals surface area contributed by atoms with Crippen LogP contribution in [0.1, 0.15) is 95.1 Å². The lowest BCUT2D eigenvalue weighted by Gasteiger charge is -2.13. The molecular weight excluding hydrogens is 506 g/mol. The Morgan fingerprint density at radius 2 is 1.39 bits per heavy atom. The van der Waals surface area contributed by atoms with Crippen molar-refractivity contribution >= 4 is 17.1 Å². The fourth-order valence-corrected chi connectivity index (χ4v) is 5.39. The van der Waals surface area contributed by atoms with Crippen molar-refractivity contribution in [2.24, 2.45) is 0 Å². The van der Waals surface area contributed by atoms with Gasteiger partial charge in [-0.1, -0.05) is 120 Å². The number of unbranched alkanes of at least 4 members (excludes halogenated alkanes) is 11. The van der Waals surface area contributed by atoms with E-state index in [1.165, 1.54) is 70.6 Å². The van der Waals surface area contributed by atoms with E-state index in [1.807, 2.05) is 60.8 Å². The van der Waals surface area contributed by atoms with Crippen LogP contribution < -0.4 is 14.6 Å². The van der Waals surface area contributed by atoms with E-state index >= 15 is 0 Å². The van der Waals surface area contributed by atoms with Crippen molar-refractivity contribution < 1.29 is 14.1 Å². The third-order valence-corrected chi connectivity index (χ3v) is 7.72. The molecule has 0 aliphatic carbocycles. The summed E-state index contributed by atoms with van der Waals surface area (Å²) in [6, 6.07) is 22.1. The molecule has 0 fully saturated rings. The van der Waals surface area contributed by atoms with Gasteiger partial charge in [0.2, 0.25) is 12.2 Å². The number of ether oxygens (including phenoxy) is 1. The minimum absolute atomic E-state index is 0.0362. The molecule has 0 unspecified atom stereocenters. The molecule has 4 aromatic rings. The SMILES string of the molecule is CCCCCCCCCCCCCCOc1ccccc1CC(=O)Nc1ccccc1C[n+]1cc2ccccn2c1. The molecule has 0 atom stereocenters. The monoisotopic (exact) mass is 554 g/mol. The van der Waals surface area contributed by atoms with Crippen molar-refractivity contribution in [2.75, 3.05) is 11.9 Å². The Kier molecular flexibility index (Phi) is 12.8. The van der Waals surface area contributed by atoms with E-state index in [9.17, 15) is 4.79 Å². The van der Waals surface area contributed by atoms with E-state index in [0.29, 0.717) is 13.2 Å². The van der Waals surface area contributed by atoms with Gasteiger partial charge in [-0.2, -0.15) is 0 Å². The quantitative estimate of drug-likeness (QED) is 0.0932. The van der Waals surface area contributed by atoms with E-state index in [2.05, 4.69) is 45.9 Å². The van der Waals surface area contributed by atoms with Gasteiger partial charge in [0.25, 0.3) is 0 Å². The number of hydrogen-bond acceptors (Lipinski definition) is 2. The smallest absolute Gasteiger partial charge is 0.249 e. The Morgan fingerprint density at radius 3 is 2.12 bits per heavy atom. The highest BCUT2D eigenvalue weighted by Crippen LogP contribution is 2.21. The number of para-hydroxylation sites is 2. The first kappa shape index (κ1) is 30.4. The first-order chi connectivity index (χ1) is 20.2. The van der Waals surface area contributed by atoms with Crippen LogP contribution in [0.5, 0.6) is 5.75 Å². The fourth-order valence-electron chi connectivity index (χ4n) is 5.39. The van der Waals surface area contributed by atoms with Crippen LogP contribution in [0.3, 0.4) is 0 Å². The minimum atomic E-state index is -0.0362. The number of rotatable bonds is 19. The molecule has 0 aliphatic heterocycles. The molecule has 5 nitrogen and oxygen atoms in total. The average molecular weight is 555 g/mol. The number of carbonyl (C=O) groups is 1. The van der Waals surface area contributed by atoms with E-state index in [0.717, 1.165) is 34.5 Å². The Labute approximate surface area is 246 Å². The number of hydrogen-bond donors (Lipinski definition) is 1. The third kappa shape index (κ3) is 10.4. The Bertz CT molecular complexity index is 1300. The van der Waals surface area contributed by atoms with Gasteiger partial charge >= 0.3 is 0 Å². The summed E-state index contributed by atoms with van der Waals surface area (Å²) in [6.45, 7) is 3.65. The van der Waals surface area contributed by atoms with Gasteiger partial charge in [0, 0.05) is 16.8 Å². The molecular formula is C36H48N3O2+. The highest BCUT2D eigenvalue weighted by molar-refractivity contribution is 5.93. The van der Waals surface area contributed by atoms with Crippen LogP contribution >= 0.6 is 0 Å². The lowest BCUT2D eigenvalue weighted by molar-refractivity contribution is -0.686. The van der Waals surface area contributed by atoms with Gasteiger partial charge < -0.3 is 10.1 Å². The number of pyridine rings is 1. The van der Waals surface area contributed by atoms with Crippen LogP contribution in [-0.2, 0) is 17.8 Å². The molecule has 0 bridgehead atoms. The molecule has 1 N–H and O–H groups in total. The number of benzene rings is 2. The van der Waals surface area contributed by atoms with E-state index in [4.69, 9.17) is 4.74 Å². The zero-order chi connectivity index (χ0) is 28.5. The van der Waals surface area contributed by atoms with Crippen molar-refractivity contribution in [3.8, 4) is 5.75 Å².